The summed E-state index contributed by atoms with van der Waals surface area (Å²) in [5.74, 6) is 1.02. The van der Waals surface area contributed by atoms with Crippen LogP contribution >= 0.6 is 0 Å². The third kappa shape index (κ3) is 4.40. The summed E-state index contributed by atoms with van der Waals surface area (Å²) < 4.78 is 24.0. The van der Waals surface area contributed by atoms with Crippen LogP contribution in [0.2, 0.25) is 0 Å². The van der Waals surface area contributed by atoms with E-state index in [9.17, 15) is 14.0 Å². The number of piperidine rings is 1. The number of nitrogens with one attached hydrogen (secondary N) is 1. The summed E-state index contributed by atoms with van der Waals surface area (Å²) in [6, 6.07) is 8.62. The van der Waals surface area contributed by atoms with Crippen LogP contribution in [0.15, 0.2) is 51.9 Å². The van der Waals surface area contributed by atoms with E-state index in [1.807, 2.05) is 0 Å². The lowest BCUT2D eigenvalue weighted by Gasteiger charge is -2.32. The van der Waals surface area contributed by atoms with Crippen LogP contribution in [0.25, 0.3) is 11.5 Å². The molecule has 30 heavy (non-hydrogen) atoms. The Labute approximate surface area is 171 Å². The quantitative estimate of drug-likeness (QED) is 0.692. The Morgan fingerprint density at radius 1 is 1.23 bits per heavy atom. The second kappa shape index (κ2) is 8.48. The lowest BCUT2D eigenvalue weighted by molar-refractivity contribution is -0.139. The highest BCUT2D eigenvalue weighted by Gasteiger charge is 2.30. The number of rotatable bonds is 5. The van der Waals surface area contributed by atoms with Crippen molar-refractivity contribution in [3.05, 3.63) is 64.6 Å². The first kappa shape index (κ1) is 19.8. The molecule has 8 nitrogen and oxygen atoms in total. The van der Waals surface area contributed by atoms with Gasteiger partial charge in [0.25, 0.3) is 11.8 Å². The predicted molar refractivity (Wildman–Crippen MR) is 105 cm³/mol. The van der Waals surface area contributed by atoms with Crippen molar-refractivity contribution in [2.45, 2.75) is 31.8 Å². The van der Waals surface area contributed by atoms with Crippen LogP contribution < -0.4 is 10.3 Å². The molecule has 1 fully saturated rings. The van der Waals surface area contributed by atoms with Gasteiger partial charge in [-0.2, -0.15) is 4.98 Å². The number of aromatic amines is 1. The number of amides is 1. The normalized spacial score (nSPS) is 15.7. The van der Waals surface area contributed by atoms with E-state index >= 15 is 0 Å². The minimum Gasteiger partial charge on any atom is -0.481 e. The number of likely N-dealkylation sites (tertiary alicyclic amines) is 1. The summed E-state index contributed by atoms with van der Waals surface area (Å²) in [4.78, 5) is 32.6. The van der Waals surface area contributed by atoms with E-state index in [4.69, 9.17) is 9.26 Å². The largest absolute Gasteiger partial charge is 0.481 e. The van der Waals surface area contributed by atoms with Gasteiger partial charge in [-0.3, -0.25) is 9.59 Å². The first-order valence-corrected chi connectivity index (χ1v) is 9.73. The minimum absolute atomic E-state index is 0.0858. The fraction of sp³-hybridized carbons (Fsp3) is 0.333. The molecule has 1 N–H and O–H groups in total. The molecule has 0 aliphatic carbocycles. The standard InChI is InChI=1S/C21H21FN4O4/c1-13(29-17-5-3-16(22)4-6-17)21(28)26-10-8-14(9-11-26)19-24-20(30-25-19)15-2-7-18(27)23-12-15/h2-7,12-14H,8-11H2,1H3,(H,23,27). The Morgan fingerprint density at radius 3 is 2.63 bits per heavy atom. The summed E-state index contributed by atoms with van der Waals surface area (Å²) in [6.45, 7) is 2.81. The monoisotopic (exact) mass is 412 g/mol. The average molecular weight is 412 g/mol. The summed E-state index contributed by atoms with van der Waals surface area (Å²) in [7, 11) is 0. The predicted octanol–water partition coefficient (Wildman–Crippen LogP) is 2.74. The van der Waals surface area contributed by atoms with Crippen LogP contribution in [-0.4, -0.2) is 45.1 Å². The summed E-state index contributed by atoms with van der Waals surface area (Å²) >= 11 is 0. The van der Waals surface area contributed by atoms with Crippen LogP contribution in [0, 0.1) is 5.82 Å². The van der Waals surface area contributed by atoms with Crippen molar-refractivity contribution in [1.29, 1.82) is 0 Å². The number of benzene rings is 1. The van der Waals surface area contributed by atoms with Gasteiger partial charge in [-0.15, -0.1) is 0 Å². The maximum absolute atomic E-state index is 13.0. The van der Waals surface area contributed by atoms with Crippen molar-refractivity contribution in [1.82, 2.24) is 20.0 Å². The van der Waals surface area contributed by atoms with Gasteiger partial charge in [0.1, 0.15) is 11.6 Å². The molecule has 3 heterocycles. The molecule has 1 amide bonds. The lowest BCUT2D eigenvalue weighted by Crippen LogP contribution is -2.44. The van der Waals surface area contributed by atoms with Gasteiger partial charge < -0.3 is 19.1 Å². The van der Waals surface area contributed by atoms with E-state index in [0.29, 0.717) is 49.0 Å². The average Bonchev–Trinajstić information content (AvgIpc) is 3.26. The van der Waals surface area contributed by atoms with E-state index in [1.54, 1.807) is 17.9 Å². The number of ether oxygens (including phenoxy) is 1. The smallest absolute Gasteiger partial charge is 0.263 e. The maximum atomic E-state index is 13.0. The Balaban J connectivity index is 1.33. The zero-order valence-corrected chi connectivity index (χ0v) is 16.4. The van der Waals surface area contributed by atoms with Gasteiger partial charge in [-0.25, -0.2) is 4.39 Å². The van der Waals surface area contributed by atoms with Crippen LogP contribution in [-0.2, 0) is 4.79 Å². The van der Waals surface area contributed by atoms with Crippen molar-refractivity contribution in [3.63, 3.8) is 0 Å². The fourth-order valence-electron chi connectivity index (χ4n) is 3.44. The van der Waals surface area contributed by atoms with Crippen LogP contribution in [0.5, 0.6) is 5.75 Å². The number of H-pyrrole nitrogens is 1. The molecule has 9 heteroatoms. The zero-order chi connectivity index (χ0) is 21.1. The summed E-state index contributed by atoms with van der Waals surface area (Å²) in [5, 5.41) is 4.07. The Bertz CT molecular complexity index is 1050. The molecule has 4 rings (SSSR count). The van der Waals surface area contributed by atoms with E-state index in [2.05, 4.69) is 15.1 Å². The second-order valence-corrected chi connectivity index (χ2v) is 7.21. The highest BCUT2D eigenvalue weighted by atomic mass is 19.1. The molecule has 0 radical (unpaired) electrons. The molecule has 0 bridgehead atoms. The third-order valence-corrected chi connectivity index (χ3v) is 5.12. The number of hydrogen-bond acceptors (Lipinski definition) is 6. The van der Waals surface area contributed by atoms with Crippen LogP contribution in [0.3, 0.4) is 0 Å². The van der Waals surface area contributed by atoms with Crippen molar-refractivity contribution in [3.8, 4) is 17.2 Å². The number of carbonyl (C=O) groups is 1. The van der Waals surface area contributed by atoms with Crippen molar-refractivity contribution >= 4 is 5.91 Å². The highest BCUT2D eigenvalue weighted by molar-refractivity contribution is 5.81. The topological polar surface area (TPSA) is 101 Å². The van der Waals surface area contributed by atoms with E-state index in [0.717, 1.165) is 0 Å². The van der Waals surface area contributed by atoms with E-state index in [-0.39, 0.29) is 23.2 Å². The first-order valence-electron chi connectivity index (χ1n) is 9.73. The van der Waals surface area contributed by atoms with E-state index in [1.165, 1.54) is 36.5 Å². The molecule has 1 aliphatic rings. The van der Waals surface area contributed by atoms with Gasteiger partial charge >= 0.3 is 0 Å². The summed E-state index contributed by atoms with van der Waals surface area (Å²) in [6.07, 6.45) is 2.28. The van der Waals surface area contributed by atoms with Crippen LogP contribution in [0.1, 0.15) is 31.5 Å². The Hall–Kier alpha value is -3.49. The molecule has 0 saturated carbocycles. The van der Waals surface area contributed by atoms with Gasteiger partial charge in [0.2, 0.25) is 5.56 Å². The lowest BCUT2D eigenvalue weighted by atomic mass is 9.96. The third-order valence-electron chi connectivity index (χ3n) is 5.12. The first-order chi connectivity index (χ1) is 14.5. The molecule has 1 unspecified atom stereocenters. The molecule has 0 spiro atoms. The summed E-state index contributed by atoms with van der Waals surface area (Å²) in [5.41, 5.74) is 0.445. The van der Waals surface area contributed by atoms with Crippen molar-refractivity contribution < 1.29 is 18.4 Å². The van der Waals surface area contributed by atoms with Gasteiger partial charge in [0.15, 0.2) is 11.9 Å². The van der Waals surface area contributed by atoms with Gasteiger partial charge in [-0.1, -0.05) is 5.16 Å². The van der Waals surface area contributed by atoms with Crippen molar-refractivity contribution in [2.75, 3.05) is 13.1 Å². The fourth-order valence-corrected chi connectivity index (χ4v) is 3.44. The molecule has 156 valence electrons. The number of nitrogens with zero attached hydrogens (tertiary/aromatic N) is 3. The van der Waals surface area contributed by atoms with Gasteiger partial charge in [0.05, 0.1) is 5.56 Å². The minimum atomic E-state index is -0.663. The Kier molecular flexibility index (Phi) is 5.60. The molecule has 2 aromatic heterocycles. The number of halogens is 1. The Morgan fingerprint density at radius 2 is 1.97 bits per heavy atom. The van der Waals surface area contributed by atoms with Crippen LogP contribution in [0.4, 0.5) is 4.39 Å². The number of pyridine rings is 1. The molecule has 1 aromatic carbocycles. The maximum Gasteiger partial charge on any atom is 0.263 e. The van der Waals surface area contributed by atoms with Gasteiger partial charge in [-0.05, 0) is 50.1 Å². The van der Waals surface area contributed by atoms with E-state index < -0.39 is 6.10 Å². The van der Waals surface area contributed by atoms with Crippen molar-refractivity contribution in [2.24, 2.45) is 0 Å². The number of hydrogen-bond donors (Lipinski definition) is 1. The zero-order valence-electron chi connectivity index (χ0n) is 16.4. The number of aromatic nitrogens is 3. The molecular formula is C21H21FN4O4. The van der Waals surface area contributed by atoms with Gasteiger partial charge in [0, 0.05) is 31.3 Å². The highest BCUT2D eigenvalue weighted by Crippen LogP contribution is 2.28. The molecule has 1 saturated heterocycles. The molecular weight excluding hydrogens is 391 g/mol. The molecule has 1 atom stereocenters. The molecule has 1 aliphatic heterocycles. The number of carbonyl (C=O) groups excluding carboxylic acids is 1. The SMILES string of the molecule is CC(Oc1ccc(F)cc1)C(=O)N1CCC(c2noc(-c3ccc(=O)[nH]c3)n2)CC1. The molecule has 3 aromatic rings. The second-order valence-electron chi connectivity index (χ2n) is 7.21.